The monoisotopic (exact) mass is 242 g/mol. The van der Waals surface area contributed by atoms with Gasteiger partial charge < -0.3 is 9.84 Å². The van der Waals surface area contributed by atoms with Gasteiger partial charge in [0.2, 0.25) is 0 Å². The van der Waals surface area contributed by atoms with Crippen LogP contribution in [0.4, 0.5) is 0 Å². The first-order valence-corrected chi connectivity index (χ1v) is 5.63. The van der Waals surface area contributed by atoms with Crippen molar-refractivity contribution in [1.82, 2.24) is 0 Å². The van der Waals surface area contributed by atoms with Gasteiger partial charge in [-0.05, 0) is 12.5 Å². The highest BCUT2D eigenvalue weighted by Crippen LogP contribution is 2.23. The molecule has 16 heavy (non-hydrogen) atoms. The van der Waals surface area contributed by atoms with Crippen LogP contribution in [-0.4, -0.2) is 17.7 Å². The maximum atomic E-state index is 11.4. The molecule has 0 aliphatic carbocycles. The van der Waals surface area contributed by atoms with Crippen LogP contribution in [0.3, 0.4) is 0 Å². The van der Waals surface area contributed by atoms with E-state index in [-0.39, 0.29) is 0 Å². The number of aliphatic hydroxyl groups excluding tert-OH is 1. The molecule has 1 atom stereocenters. The van der Waals surface area contributed by atoms with Crippen LogP contribution in [0, 0.1) is 0 Å². The normalized spacial score (nSPS) is 12.2. The summed E-state index contributed by atoms with van der Waals surface area (Å²) in [6, 6.07) is 6.68. The number of halogens is 1. The van der Waals surface area contributed by atoms with E-state index < -0.39 is 12.1 Å². The molecule has 4 heteroatoms. The summed E-state index contributed by atoms with van der Waals surface area (Å²) in [7, 11) is 0. The number of carbonyl (C=O) groups excluding carboxylic acids is 1. The molecule has 1 N–H and O–H groups in total. The van der Waals surface area contributed by atoms with Crippen molar-refractivity contribution in [3.05, 3.63) is 34.9 Å². The van der Waals surface area contributed by atoms with E-state index in [1.54, 1.807) is 24.3 Å². The van der Waals surface area contributed by atoms with Gasteiger partial charge in [-0.2, -0.15) is 0 Å². The minimum Gasteiger partial charge on any atom is -0.464 e. The molecule has 0 saturated heterocycles. The van der Waals surface area contributed by atoms with Crippen LogP contribution in [0.15, 0.2) is 24.3 Å². The maximum Gasteiger partial charge on any atom is 0.339 e. The van der Waals surface area contributed by atoms with Crippen LogP contribution in [0.25, 0.3) is 0 Å². The van der Waals surface area contributed by atoms with Crippen LogP contribution >= 0.6 is 11.6 Å². The Morgan fingerprint density at radius 3 is 2.81 bits per heavy atom. The number of esters is 1. The van der Waals surface area contributed by atoms with E-state index in [0.29, 0.717) is 17.2 Å². The Morgan fingerprint density at radius 2 is 2.19 bits per heavy atom. The molecular weight excluding hydrogens is 228 g/mol. The van der Waals surface area contributed by atoms with Crippen LogP contribution in [0.2, 0.25) is 5.02 Å². The van der Waals surface area contributed by atoms with Gasteiger partial charge in [-0.3, -0.25) is 0 Å². The topological polar surface area (TPSA) is 46.5 Å². The Labute approximate surface area is 100.0 Å². The maximum absolute atomic E-state index is 11.4. The Hall–Kier alpha value is -1.06. The molecule has 0 spiro atoms. The first-order chi connectivity index (χ1) is 7.66. The van der Waals surface area contributed by atoms with Gasteiger partial charge in [-0.15, -0.1) is 0 Å². The summed E-state index contributed by atoms with van der Waals surface area (Å²) in [4.78, 5) is 11.4. The van der Waals surface area contributed by atoms with Crippen molar-refractivity contribution >= 4 is 17.6 Å². The highest BCUT2D eigenvalue weighted by molar-refractivity contribution is 6.31. The molecule has 1 aromatic carbocycles. The summed E-state index contributed by atoms with van der Waals surface area (Å²) >= 11 is 5.86. The molecule has 0 aromatic heterocycles. The summed E-state index contributed by atoms with van der Waals surface area (Å²) in [5.41, 5.74) is 0.380. The van der Waals surface area contributed by atoms with Gasteiger partial charge in [0, 0.05) is 10.6 Å². The van der Waals surface area contributed by atoms with E-state index in [2.05, 4.69) is 0 Å². The van der Waals surface area contributed by atoms with E-state index in [0.717, 1.165) is 12.8 Å². The average Bonchev–Trinajstić information content (AvgIpc) is 2.29. The van der Waals surface area contributed by atoms with Crippen molar-refractivity contribution in [3.8, 4) is 0 Å². The highest BCUT2D eigenvalue weighted by atomic mass is 35.5. The van der Waals surface area contributed by atoms with Gasteiger partial charge in [-0.25, -0.2) is 4.79 Å². The number of hydrogen-bond donors (Lipinski definition) is 1. The average molecular weight is 243 g/mol. The van der Waals surface area contributed by atoms with Crippen LogP contribution in [0.1, 0.15) is 31.4 Å². The lowest BCUT2D eigenvalue weighted by Crippen LogP contribution is -2.16. The molecular formula is C12H15ClO3. The molecule has 0 unspecified atom stereocenters. The summed E-state index contributed by atoms with van der Waals surface area (Å²) in [5.74, 6) is -0.651. The fourth-order valence-corrected chi connectivity index (χ4v) is 1.46. The SMILES string of the molecule is CCCCOC(=O)[C@H](O)c1ccccc1Cl. The molecule has 0 fully saturated rings. The molecule has 0 heterocycles. The van der Waals surface area contributed by atoms with Crippen LogP contribution in [-0.2, 0) is 9.53 Å². The van der Waals surface area contributed by atoms with Gasteiger partial charge in [0.15, 0.2) is 6.10 Å². The van der Waals surface area contributed by atoms with Crippen molar-refractivity contribution in [3.63, 3.8) is 0 Å². The van der Waals surface area contributed by atoms with Crippen molar-refractivity contribution in [1.29, 1.82) is 0 Å². The number of ether oxygens (including phenoxy) is 1. The van der Waals surface area contributed by atoms with E-state index >= 15 is 0 Å². The van der Waals surface area contributed by atoms with Crippen molar-refractivity contribution in [2.75, 3.05) is 6.61 Å². The van der Waals surface area contributed by atoms with E-state index in [1.165, 1.54) is 0 Å². The zero-order chi connectivity index (χ0) is 12.0. The standard InChI is InChI=1S/C12H15ClO3/c1-2-3-8-16-12(15)11(14)9-6-4-5-7-10(9)13/h4-7,11,14H,2-3,8H2,1H3/t11-/m1/s1. The Bertz CT molecular complexity index is 352. The third-order valence-corrected chi connectivity index (χ3v) is 2.51. The molecule has 0 radical (unpaired) electrons. The Morgan fingerprint density at radius 1 is 1.50 bits per heavy atom. The lowest BCUT2D eigenvalue weighted by Gasteiger charge is -2.11. The van der Waals surface area contributed by atoms with E-state index in [9.17, 15) is 9.90 Å². The number of carbonyl (C=O) groups is 1. The van der Waals surface area contributed by atoms with Gasteiger partial charge in [0.25, 0.3) is 0 Å². The second kappa shape index (κ2) is 6.51. The highest BCUT2D eigenvalue weighted by Gasteiger charge is 2.20. The van der Waals surface area contributed by atoms with Gasteiger partial charge in [-0.1, -0.05) is 43.1 Å². The number of aliphatic hydroxyl groups is 1. The minimum absolute atomic E-state index is 0.330. The van der Waals surface area contributed by atoms with E-state index in [1.807, 2.05) is 6.92 Å². The summed E-state index contributed by atoms with van der Waals surface area (Å²) in [5, 5.41) is 10.1. The molecule has 88 valence electrons. The third kappa shape index (κ3) is 3.51. The number of unbranched alkanes of at least 4 members (excludes halogenated alkanes) is 1. The minimum atomic E-state index is -1.30. The smallest absolute Gasteiger partial charge is 0.339 e. The largest absolute Gasteiger partial charge is 0.464 e. The summed E-state index contributed by atoms with van der Waals surface area (Å²) in [6.45, 7) is 2.33. The lowest BCUT2D eigenvalue weighted by atomic mass is 10.1. The second-order valence-corrected chi connectivity index (χ2v) is 3.85. The van der Waals surface area contributed by atoms with Gasteiger partial charge >= 0.3 is 5.97 Å². The Kier molecular flexibility index (Phi) is 5.29. The van der Waals surface area contributed by atoms with Crippen LogP contribution < -0.4 is 0 Å². The number of benzene rings is 1. The van der Waals surface area contributed by atoms with Gasteiger partial charge in [0.1, 0.15) is 0 Å². The van der Waals surface area contributed by atoms with Crippen molar-refractivity contribution in [2.45, 2.75) is 25.9 Å². The number of rotatable bonds is 5. The lowest BCUT2D eigenvalue weighted by molar-refractivity contribution is -0.154. The van der Waals surface area contributed by atoms with Crippen molar-refractivity contribution in [2.24, 2.45) is 0 Å². The van der Waals surface area contributed by atoms with Crippen LogP contribution in [0.5, 0.6) is 0 Å². The summed E-state index contributed by atoms with van der Waals surface area (Å²) < 4.78 is 4.91. The molecule has 1 aromatic rings. The Balaban J connectivity index is 2.60. The molecule has 0 aliphatic heterocycles. The molecule has 0 amide bonds. The quantitative estimate of drug-likeness (QED) is 0.638. The molecule has 0 aliphatic rings. The first-order valence-electron chi connectivity index (χ1n) is 5.26. The molecule has 0 bridgehead atoms. The second-order valence-electron chi connectivity index (χ2n) is 3.45. The molecule has 3 nitrogen and oxygen atoms in total. The third-order valence-electron chi connectivity index (χ3n) is 2.17. The fourth-order valence-electron chi connectivity index (χ4n) is 1.22. The first kappa shape index (κ1) is 13.0. The van der Waals surface area contributed by atoms with E-state index in [4.69, 9.17) is 16.3 Å². The number of hydrogen-bond acceptors (Lipinski definition) is 3. The molecule has 1 rings (SSSR count). The predicted molar refractivity (Wildman–Crippen MR) is 62.3 cm³/mol. The molecule has 0 saturated carbocycles. The fraction of sp³-hybridized carbons (Fsp3) is 0.417. The zero-order valence-corrected chi connectivity index (χ0v) is 9.91. The zero-order valence-electron chi connectivity index (χ0n) is 9.15. The predicted octanol–water partition coefficient (Wildman–Crippen LogP) is 2.72. The van der Waals surface area contributed by atoms with Crippen molar-refractivity contribution < 1.29 is 14.6 Å². The summed E-state index contributed by atoms with van der Waals surface area (Å²) in [6.07, 6.45) is 0.432. The van der Waals surface area contributed by atoms with Gasteiger partial charge in [0.05, 0.1) is 6.61 Å².